The average Bonchev–Trinajstić information content (AvgIpc) is 2.17. The minimum absolute atomic E-state index is 0.897. The molecule has 0 spiro atoms. The molecule has 12 heavy (non-hydrogen) atoms. The van der Waals surface area contributed by atoms with Crippen molar-refractivity contribution in [1.29, 1.82) is 0 Å². The van der Waals surface area contributed by atoms with Crippen LogP contribution in [-0.2, 0) is 5.33 Å². The number of fused-ring (bicyclic) bond motifs is 1. The van der Waals surface area contributed by atoms with Crippen molar-refractivity contribution >= 4 is 26.7 Å². The highest BCUT2D eigenvalue weighted by molar-refractivity contribution is 9.08. The molecule has 0 radical (unpaired) electrons. The zero-order chi connectivity index (χ0) is 8.39. The highest BCUT2D eigenvalue weighted by Gasteiger charge is 1.96. The van der Waals surface area contributed by atoms with E-state index < -0.39 is 0 Å². The van der Waals surface area contributed by atoms with Crippen molar-refractivity contribution < 1.29 is 0 Å². The SMILES string of the molecule is BrCc1cccc2cnccc12. The third-order valence-corrected chi connectivity index (χ3v) is 2.52. The highest BCUT2D eigenvalue weighted by Crippen LogP contribution is 2.19. The Kier molecular flexibility index (Phi) is 2.09. The van der Waals surface area contributed by atoms with Gasteiger partial charge in [0.15, 0.2) is 0 Å². The third kappa shape index (κ3) is 1.23. The van der Waals surface area contributed by atoms with Crippen molar-refractivity contribution in [3.05, 3.63) is 42.2 Å². The van der Waals surface area contributed by atoms with Gasteiger partial charge in [0, 0.05) is 23.1 Å². The Bertz CT molecular complexity index is 392. The number of aromatic nitrogens is 1. The minimum Gasteiger partial charge on any atom is -0.264 e. The predicted molar refractivity (Wildman–Crippen MR) is 54.4 cm³/mol. The quantitative estimate of drug-likeness (QED) is 0.675. The van der Waals surface area contributed by atoms with Crippen LogP contribution in [-0.4, -0.2) is 4.98 Å². The summed E-state index contributed by atoms with van der Waals surface area (Å²) in [6.07, 6.45) is 3.72. The van der Waals surface area contributed by atoms with E-state index in [1.54, 1.807) is 0 Å². The van der Waals surface area contributed by atoms with Crippen LogP contribution in [0.3, 0.4) is 0 Å². The summed E-state index contributed by atoms with van der Waals surface area (Å²) in [4.78, 5) is 4.07. The summed E-state index contributed by atoms with van der Waals surface area (Å²) in [6, 6.07) is 8.30. The second kappa shape index (κ2) is 3.23. The average molecular weight is 222 g/mol. The largest absolute Gasteiger partial charge is 0.264 e. The van der Waals surface area contributed by atoms with E-state index in [0.29, 0.717) is 0 Å². The number of hydrogen-bond acceptors (Lipinski definition) is 1. The Morgan fingerprint density at radius 3 is 3.00 bits per heavy atom. The maximum atomic E-state index is 4.07. The second-order valence-electron chi connectivity index (χ2n) is 2.65. The van der Waals surface area contributed by atoms with Gasteiger partial charge in [0.25, 0.3) is 0 Å². The molecule has 0 aliphatic heterocycles. The fraction of sp³-hybridized carbons (Fsp3) is 0.100. The van der Waals surface area contributed by atoms with Gasteiger partial charge in [-0.2, -0.15) is 0 Å². The first kappa shape index (κ1) is 7.74. The molecule has 2 rings (SSSR count). The molecular formula is C10H8BrN. The Hall–Kier alpha value is -0.890. The number of hydrogen-bond donors (Lipinski definition) is 0. The Morgan fingerprint density at radius 1 is 1.25 bits per heavy atom. The van der Waals surface area contributed by atoms with E-state index in [1.165, 1.54) is 16.3 Å². The van der Waals surface area contributed by atoms with Gasteiger partial charge in [0.2, 0.25) is 0 Å². The van der Waals surface area contributed by atoms with Gasteiger partial charge in [-0.3, -0.25) is 4.98 Å². The summed E-state index contributed by atoms with van der Waals surface area (Å²) >= 11 is 3.46. The Morgan fingerprint density at radius 2 is 2.17 bits per heavy atom. The zero-order valence-corrected chi connectivity index (χ0v) is 8.08. The summed E-state index contributed by atoms with van der Waals surface area (Å²) in [5.41, 5.74) is 1.31. The minimum atomic E-state index is 0.897. The zero-order valence-electron chi connectivity index (χ0n) is 6.50. The molecule has 0 atom stereocenters. The second-order valence-corrected chi connectivity index (χ2v) is 3.21. The van der Waals surface area contributed by atoms with E-state index >= 15 is 0 Å². The number of rotatable bonds is 1. The lowest BCUT2D eigenvalue weighted by Gasteiger charge is -2.00. The van der Waals surface area contributed by atoms with Gasteiger partial charge in [-0.1, -0.05) is 34.1 Å². The number of halogens is 1. The van der Waals surface area contributed by atoms with Crippen LogP contribution in [0.2, 0.25) is 0 Å². The van der Waals surface area contributed by atoms with Gasteiger partial charge in [0.05, 0.1) is 0 Å². The molecular weight excluding hydrogens is 214 g/mol. The highest BCUT2D eigenvalue weighted by atomic mass is 79.9. The molecule has 0 saturated carbocycles. The summed E-state index contributed by atoms with van der Waals surface area (Å²) in [5.74, 6) is 0. The first-order valence-electron chi connectivity index (χ1n) is 3.79. The van der Waals surface area contributed by atoms with Crippen molar-refractivity contribution in [2.45, 2.75) is 5.33 Å². The maximum Gasteiger partial charge on any atom is 0.0346 e. The molecule has 0 amide bonds. The van der Waals surface area contributed by atoms with Crippen LogP contribution in [0.4, 0.5) is 0 Å². The van der Waals surface area contributed by atoms with E-state index in [-0.39, 0.29) is 0 Å². The molecule has 0 unspecified atom stereocenters. The monoisotopic (exact) mass is 221 g/mol. The molecule has 0 fully saturated rings. The molecule has 2 heteroatoms. The lowest BCUT2D eigenvalue weighted by atomic mass is 10.1. The van der Waals surface area contributed by atoms with Crippen molar-refractivity contribution in [2.75, 3.05) is 0 Å². The topological polar surface area (TPSA) is 12.9 Å². The fourth-order valence-electron chi connectivity index (χ4n) is 1.31. The molecule has 1 aromatic carbocycles. The molecule has 0 N–H and O–H groups in total. The van der Waals surface area contributed by atoms with Gasteiger partial charge in [-0.15, -0.1) is 0 Å². The number of benzene rings is 1. The first-order valence-corrected chi connectivity index (χ1v) is 4.91. The summed E-state index contributed by atoms with van der Waals surface area (Å²) < 4.78 is 0. The summed E-state index contributed by atoms with van der Waals surface area (Å²) in [5, 5.41) is 3.38. The van der Waals surface area contributed by atoms with Crippen LogP contribution in [0.25, 0.3) is 10.8 Å². The number of alkyl halides is 1. The molecule has 60 valence electrons. The molecule has 0 aliphatic carbocycles. The van der Waals surface area contributed by atoms with Gasteiger partial charge in [-0.25, -0.2) is 0 Å². The van der Waals surface area contributed by atoms with Gasteiger partial charge >= 0.3 is 0 Å². The number of nitrogens with zero attached hydrogens (tertiary/aromatic N) is 1. The Labute approximate surface area is 79.6 Å². The maximum absolute atomic E-state index is 4.07. The normalized spacial score (nSPS) is 10.4. The van der Waals surface area contributed by atoms with Gasteiger partial charge in [-0.05, 0) is 17.0 Å². The lowest BCUT2D eigenvalue weighted by molar-refractivity contribution is 1.35. The van der Waals surface area contributed by atoms with E-state index in [1.807, 2.05) is 18.5 Å². The van der Waals surface area contributed by atoms with E-state index in [2.05, 4.69) is 39.1 Å². The fourth-order valence-corrected chi connectivity index (χ4v) is 1.80. The van der Waals surface area contributed by atoms with Gasteiger partial charge < -0.3 is 0 Å². The first-order chi connectivity index (χ1) is 5.92. The predicted octanol–water partition coefficient (Wildman–Crippen LogP) is 3.13. The molecule has 0 bridgehead atoms. The number of pyridine rings is 1. The van der Waals surface area contributed by atoms with Crippen molar-refractivity contribution in [3.63, 3.8) is 0 Å². The smallest absolute Gasteiger partial charge is 0.0346 e. The molecule has 0 saturated heterocycles. The van der Waals surface area contributed by atoms with Crippen LogP contribution in [0.5, 0.6) is 0 Å². The van der Waals surface area contributed by atoms with Crippen molar-refractivity contribution in [1.82, 2.24) is 4.98 Å². The van der Waals surface area contributed by atoms with E-state index in [4.69, 9.17) is 0 Å². The standard InChI is InChI=1S/C10H8BrN/c11-6-8-2-1-3-9-7-12-5-4-10(8)9/h1-5,7H,6H2. The van der Waals surface area contributed by atoms with Crippen LogP contribution >= 0.6 is 15.9 Å². The van der Waals surface area contributed by atoms with Crippen LogP contribution in [0, 0.1) is 0 Å². The third-order valence-electron chi connectivity index (χ3n) is 1.92. The van der Waals surface area contributed by atoms with E-state index in [9.17, 15) is 0 Å². The summed E-state index contributed by atoms with van der Waals surface area (Å²) in [6.45, 7) is 0. The summed E-state index contributed by atoms with van der Waals surface area (Å²) in [7, 11) is 0. The molecule has 1 nitrogen and oxygen atoms in total. The van der Waals surface area contributed by atoms with Crippen molar-refractivity contribution in [2.24, 2.45) is 0 Å². The van der Waals surface area contributed by atoms with Gasteiger partial charge in [0.1, 0.15) is 0 Å². The molecule has 1 aromatic heterocycles. The van der Waals surface area contributed by atoms with Crippen molar-refractivity contribution in [3.8, 4) is 0 Å². The molecule has 0 aliphatic rings. The Balaban J connectivity index is 2.79. The molecule has 1 heterocycles. The van der Waals surface area contributed by atoms with Crippen LogP contribution in [0.1, 0.15) is 5.56 Å². The lowest BCUT2D eigenvalue weighted by Crippen LogP contribution is -1.81. The van der Waals surface area contributed by atoms with Crippen LogP contribution in [0.15, 0.2) is 36.7 Å². The van der Waals surface area contributed by atoms with E-state index in [0.717, 1.165) is 5.33 Å². The van der Waals surface area contributed by atoms with Crippen LogP contribution < -0.4 is 0 Å². The molecule has 2 aromatic rings.